The molecule has 0 unspecified atom stereocenters. The molecule has 7 heteroatoms. The molecular formula is C19H19N3O3S. The summed E-state index contributed by atoms with van der Waals surface area (Å²) in [6.07, 6.45) is 3.07. The van der Waals surface area contributed by atoms with Crippen LogP contribution in [0, 0.1) is 18.3 Å². The SMILES string of the molecule is Cc1ccc(/C=C/C(=O)NCCC#N)c(NS(=O)(=O)c2ccccc2)c1. The van der Waals surface area contributed by atoms with Gasteiger partial charge >= 0.3 is 0 Å². The van der Waals surface area contributed by atoms with E-state index in [1.807, 2.05) is 19.1 Å². The highest BCUT2D eigenvalue weighted by Gasteiger charge is 2.15. The number of carbonyl (C=O) groups excluding carboxylic acids is 1. The molecule has 134 valence electrons. The average Bonchev–Trinajstić information content (AvgIpc) is 2.62. The van der Waals surface area contributed by atoms with Crippen molar-refractivity contribution in [1.82, 2.24) is 5.32 Å². The number of benzene rings is 2. The number of anilines is 1. The number of carbonyl (C=O) groups is 1. The van der Waals surface area contributed by atoms with Gasteiger partial charge in [-0.25, -0.2) is 8.42 Å². The van der Waals surface area contributed by atoms with Crippen molar-refractivity contribution < 1.29 is 13.2 Å². The van der Waals surface area contributed by atoms with Gasteiger partial charge < -0.3 is 5.32 Å². The van der Waals surface area contributed by atoms with Gasteiger partial charge in [0.2, 0.25) is 5.91 Å². The number of nitriles is 1. The maximum atomic E-state index is 12.5. The molecule has 2 aromatic rings. The maximum absolute atomic E-state index is 12.5. The Morgan fingerprint density at radius 2 is 1.92 bits per heavy atom. The molecule has 0 bridgehead atoms. The van der Waals surface area contributed by atoms with E-state index in [0.29, 0.717) is 11.3 Å². The van der Waals surface area contributed by atoms with Crippen molar-refractivity contribution in [2.24, 2.45) is 0 Å². The zero-order valence-electron chi connectivity index (χ0n) is 14.3. The lowest BCUT2D eigenvalue weighted by atomic mass is 10.1. The van der Waals surface area contributed by atoms with Crippen LogP contribution in [0.4, 0.5) is 5.69 Å². The number of hydrogen-bond acceptors (Lipinski definition) is 4. The van der Waals surface area contributed by atoms with Crippen LogP contribution in [0.25, 0.3) is 6.08 Å². The lowest BCUT2D eigenvalue weighted by molar-refractivity contribution is -0.116. The minimum Gasteiger partial charge on any atom is -0.352 e. The quantitative estimate of drug-likeness (QED) is 0.579. The van der Waals surface area contributed by atoms with Crippen molar-refractivity contribution >= 4 is 27.7 Å². The molecule has 0 radical (unpaired) electrons. The fourth-order valence-corrected chi connectivity index (χ4v) is 3.27. The van der Waals surface area contributed by atoms with E-state index in [2.05, 4.69) is 10.0 Å². The summed E-state index contributed by atoms with van der Waals surface area (Å²) < 4.78 is 27.6. The highest BCUT2D eigenvalue weighted by Crippen LogP contribution is 2.23. The van der Waals surface area contributed by atoms with Gasteiger partial charge in [0.1, 0.15) is 0 Å². The predicted octanol–water partition coefficient (Wildman–Crippen LogP) is 2.84. The minimum atomic E-state index is -3.73. The Bertz CT molecular complexity index is 946. The van der Waals surface area contributed by atoms with Gasteiger partial charge in [-0.3, -0.25) is 9.52 Å². The average molecular weight is 369 g/mol. The highest BCUT2D eigenvalue weighted by molar-refractivity contribution is 7.92. The Morgan fingerprint density at radius 1 is 1.19 bits per heavy atom. The molecule has 0 aliphatic carbocycles. The summed E-state index contributed by atoms with van der Waals surface area (Å²) in [6.45, 7) is 2.11. The first-order valence-corrected chi connectivity index (χ1v) is 9.42. The monoisotopic (exact) mass is 369 g/mol. The summed E-state index contributed by atoms with van der Waals surface area (Å²) in [7, 11) is -3.73. The summed E-state index contributed by atoms with van der Waals surface area (Å²) in [4.78, 5) is 11.9. The van der Waals surface area contributed by atoms with Crippen LogP contribution < -0.4 is 10.0 Å². The molecule has 0 spiro atoms. The summed E-state index contributed by atoms with van der Waals surface area (Å²) in [5, 5.41) is 11.0. The highest BCUT2D eigenvalue weighted by atomic mass is 32.2. The molecule has 1 amide bonds. The van der Waals surface area contributed by atoms with Gasteiger partial charge in [0.25, 0.3) is 10.0 Å². The molecule has 0 aromatic heterocycles. The maximum Gasteiger partial charge on any atom is 0.261 e. The summed E-state index contributed by atoms with van der Waals surface area (Å²) >= 11 is 0. The van der Waals surface area contributed by atoms with Gasteiger partial charge in [0.15, 0.2) is 0 Å². The van der Waals surface area contributed by atoms with Crippen LogP contribution in [0.5, 0.6) is 0 Å². The van der Waals surface area contributed by atoms with E-state index in [9.17, 15) is 13.2 Å². The Morgan fingerprint density at radius 3 is 2.62 bits per heavy atom. The molecule has 6 nitrogen and oxygen atoms in total. The number of amides is 1. The van der Waals surface area contributed by atoms with Gasteiger partial charge in [-0.05, 0) is 42.3 Å². The van der Waals surface area contributed by atoms with Crippen molar-refractivity contribution in [1.29, 1.82) is 5.26 Å². The van der Waals surface area contributed by atoms with Crippen molar-refractivity contribution in [2.75, 3.05) is 11.3 Å². The normalized spacial score (nSPS) is 11.1. The van der Waals surface area contributed by atoms with E-state index in [1.165, 1.54) is 24.3 Å². The molecule has 0 aliphatic heterocycles. The van der Waals surface area contributed by atoms with Gasteiger partial charge in [-0.15, -0.1) is 0 Å². The second-order valence-electron chi connectivity index (χ2n) is 5.54. The van der Waals surface area contributed by atoms with Crippen LogP contribution in [0.15, 0.2) is 59.5 Å². The number of sulfonamides is 1. The first-order chi connectivity index (χ1) is 12.4. The molecule has 2 aromatic carbocycles. The van der Waals surface area contributed by atoms with Crippen LogP contribution >= 0.6 is 0 Å². The van der Waals surface area contributed by atoms with Gasteiger partial charge in [-0.2, -0.15) is 5.26 Å². The van der Waals surface area contributed by atoms with Crippen molar-refractivity contribution in [2.45, 2.75) is 18.2 Å². The number of nitrogens with zero attached hydrogens (tertiary/aromatic N) is 1. The predicted molar refractivity (Wildman–Crippen MR) is 101 cm³/mol. The fraction of sp³-hybridized carbons (Fsp3) is 0.158. The topological polar surface area (TPSA) is 99.1 Å². The minimum absolute atomic E-state index is 0.158. The Balaban J connectivity index is 2.23. The van der Waals surface area contributed by atoms with Gasteiger partial charge in [0.05, 0.1) is 23.1 Å². The smallest absolute Gasteiger partial charge is 0.261 e. The summed E-state index contributed by atoms with van der Waals surface area (Å²) in [5.41, 5.74) is 1.83. The second kappa shape index (κ2) is 8.83. The van der Waals surface area contributed by atoms with Crippen LogP contribution in [0.2, 0.25) is 0 Å². The number of hydrogen-bond donors (Lipinski definition) is 2. The number of rotatable bonds is 7. The van der Waals surface area contributed by atoms with E-state index in [-0.39, 0.29) is 23.8 Å². The molecule has 0 fully saturated rings. The molecule has 0 heterocycles. The molecular weight excluding hydrogens is 350 g/mol. The first-order valence-electron chi connectivity index (χ1n) is 7.94. The van der Waals surface area contributed by atoms with E-state index < -0.39 is 10.0 Å². The van der Waals surface area contributed by atoms with Gasteiger partial charge in [-0.1, -0.05) is 30.3 Å². The standard InChI is InChI=1S/C19H19N3O3S/c1-15-8-9-16(10-11-19(23)21-13-5-12-20)18(14-15)22-26(24,25)17-6-3-2-4-7-17/h2-4,6-11,14,22H,5,13H2,1H3,(H,21,23)/b11-10+. The number of aryl methyl sites for hydroxylation is 1. The third kappa shape index (κ3) is 5.46. The molecule has 0 aliphatic rings. The lowest BCUT2D eigenvalue weighted by Crippen LogP contribution is -2.21. The Hall–Kier alpha value is -3.11. The zero-order chi connectivity index (χ0) is 19.0. The first kappa shape index (κ1) is 19.2. The van der Waals surface area contributed by atoms with E-state index >= 15 is 0 Å². The van der Waals surface area contributed by atoms with E-state index in [0.717, 1.165) is 5.56 Å². The van der Waals surface area contributed by atoms with Crippen molar-refractivity contribution in [3.63, 3.8) is 0 Å². The summed E-state index contributed by atoms with van der Waals surface area (Å²) in [6, 6.07) is 15.3. The molecule has 0 saturated heterocycles. The van der Waals surface area contributed by atoms with E-state index in [4.69, 9.17) is 5.26 Å². The van der Waals surface area contributed by atoms with Crippen molar-refractivity contribution in [3.05, 3.63) is 65.7 Å². The molecule has 26 heavy (non-hydrogen) atoms. The van der Waals surface area contributed by atoms with Crippen LogP contribution in [-0.4, -0.2) is 20.9 Å². The Kier molecular flexibility index (Phi) is 6.53. The van der Waals surface area contributed by atoms with Crippen LogP contribution in [-0.2, 0) is 14.8 Å². The Labute approximate surface area is 153 Å². The van der Waals surface area contributed by atoms with Crippen molar-refractivity contribution in [3.8, 4) is 6.07 Å². The molecule has 0 saturated carbocycles. The second-order valence-corrected chi connectivity index (χ2v) is 7.22. The third-order valence-electron chi connectivity index (χ3n) is 3.46. The number of nitrogens with one attached hydrogen (secondary N) is 2. The largest absolute Gasteiger partial charge is 0.352 e. The molecule has 2 N–H and O–H groups in total. The van der Waals surface area contributed by atoms with E-state index in [1.54, 1.807) is 30.3 Å². The summed E-state index contributed by atoms with van der Waals surface area (Å²) in [5.74, 6) is -0.349. The van der Waals surface area contributed by atoms with Crippen LogP contribution in [0.1, 0.15) is 17.5 Å². The van der Waals surface area contributed by atoms with Gasteiger partial charge in [0, 0.05) is 12.6 Å². The zero-order valence-corrected chi connectivity index (χ0v) is 15.1. The van der Waals surface area contributed by atoms with Crippen LogP contribution in [0.3, 0.4) is 0 Å². The molecule has 0 atom stereocenters. The molecule has 2 rings (SSSR count). The lowest BCUT2D eigenvalue weighted by Gasteiger charge is -2.12. The fourth-order valence-electron chi connectivity index (χ4n) is 2.17. The third-order valence-corrected chi connectivity index (χ3v) is 4.84.